The third-order valence-electron chi connectivity index (χ3n) is 5.20. The van der Waals surface area contributed by atoms with Gasteiger partial charge in [-0.3, -0.25) is 23.2 Å². The second kappa shape index (κ2) is 13.3. The van der Waals surface area contributed by atoms with E-state index in [2.05, 4.69) is 0 Å². The van der Waals surface area contributed by atoms with E-state index in [1.807, 2.05) is 55.5 Å². The van der Waals surface area contributed by atoms with Gasteiger partial charge in [-0.05, 0) is 50.5 Å². The minimum absolute atomic E-state index is 0.0149. The molecule has 0 saturated carbocycles. The van der Waals surface area contributed by atoms with E-state index in [4.69, 9.17) is 23.0 Å². The molecule has 1 heterocycles. The number of Topliss-reactive ketones (excluding diaryl/α,β-unsaturated/α-hetero) is 1. The maximum atomic E-state index is 12.5. The summed E-state index contributed by atoms with van der Waals surface area (Å²) in [4.78, 5) is 23.3. The fourth-order valence-electron chi connectivity index (χ4n) is 3.41. The molecule has 0 spiro atoms. The predicted octanol–water partition coefficient (Wildman–Crippen LogP) is 5.43. The van der Waals surface area contributed by atoms with E-state index < -0.39 is 13.9 Å². The molecule has 0 radical (unpaired) electrons. The molecular weight excluding hydrogens is 491 g/mol. The Hall–Kier alpha value is -2.00. The molecule has 1 saturated heterocycles. The zero-order valence-corrected chi connectivity index (χ0v) is 21.8. The number of benzene rings is 2. The number of ketones is 1. The molecule has 0 aliphatic carbocycles. The number of carbonyl (C=O) groups excluding carboxylic acids is 2. The van der Waals surface area contributed by atoms with Gasteiger partial charge in [0, 0.05) is 0 Å². The second-order valence-electron chi connectivity index (χ2n) is 7.88. The lowest BCUT2D eigenvalue weighted by Gasteiger charge is -2.21. The first-order valence-corrected chi connectivity index (χ1v) is 13.8. The molecule has 1 aliphatic rings. The van der Waals surface area contributed by atoms with Crippen LogP contribution in [0.4, 0.5) is 0 Å². The van der Waals surface area contributed by atoms with Gasteiger partial charge in [-0.15, -0.1) is 0 Å². The summed E-state index contributed by atoms with van der Waals surface area (Å²) in [5.74, 6) is 0.616. The van der Waals surface area contributed by atoms with Gasteiger partial charge in [0.2, 0.25) is 0 Å². The summed E-state index contributed by atoms with van der Waals surface area (Å²) in [5, 5.41) is -0.372. The van der Waals surface area contributed by atoms with Gasteiger partial charge in [0.25, 0.3) is 0 Å². The van der Waals surface area contributed by atoms with Crippen molar-refractivity contribution in [3.8, 4) is 5.75 Å². The zero-order chi connectivity index (χ0) is 25.3. The molecule has 0 N–H and O–H groups in total. The molecule has 0 aromatic heterocycles. The summed E-state index contributed by atoms with van der Waals surface area (Å²) in [5.41, 5.74) is 2.94. The summed E-state index contributed by atoms with van der Waals surface area (Å²) in [6.45, 7) is 5.65. The van der Waals surface area contributed by atoms with E-state index in [-0.39, 0.29) is 49.2 Å². The van der Waals surface area contributed by atoms with Crippen molar-refractivity contribution in [2.75, 3.05) is 26.6 Å². The highest BCUT2D eigenvalue weighted by atomic mass is 32.2. The molecule has 2 aromatic rings. The highest BCUT2D eigenvalue weighted by Gasteiger charge is 2.31. The lowest BCUT2D eigenvalue weighted by molar-refractivity contribution is -0.121. The van der Waals surface area contributed by atoms with Crippen LogP contribution < -0.4 is 4.74 Å². The molecule has 190 valence electrons. The Morgan fingerprint density at radius 2 is 1.63 bits per heavy atom. The van der Waals surface area contributed by atoms with Crippen LogP contribution >= 0.6 is 19.6 Å². The van der Waals surface area contributed by atoms with Crippen molar-refractivity contribution in [3.05, 3.63) is 65.2 Å². The number of hydrogen-bond donors (Lipinski definition) is 0. The van der Waals surface area contributed by atoms with Gasteiger partial charge in [-0.25, -0.2) is 4.57 Å². The molecule has 0 amide bonds. The predicted molar refractivity (Wildman–Crippen MR) is 133 cm³/mol. The number of aryl methyl sites for hydroxylation is 1. The van der Waals surface area contributed by atoms with Crippen molar-refractivity contribution >= 4 is 30.5 Å². The zero-order valence-electron chi connectivity index (χ0n) is 20.1. The summed E-state index contributed by atoms with van der Waals surface area (Å²) < 4.78 is 39.9. The van der Waals surface area contributed by atoms with E-state index in [0.29, 0.717) is 12.2 Å². The number of phosphoric acid groups is 1. The molecule has 1 aliphatic heterocycles. The monoisotopic (exact) mass is 522 g/mol. The van der Waals surface area contributed by atoms with Crippen molar-refractivity contribution in [2.45, 2.75) is 45.0 Å². The van der Waals surface area contributed by atoms with Crippen LogP contribution in [-0.2, 0) is 38.9 Å². The number of rotatable bonds is 14. The van der Waals surface area contributed by atoms with E-state index in [1.165, 1.54) is 0 Å². The second-order valence-corrected chi connectivity index (χ2v) is 10.8. The number of thioether (sulfide) groups is 1. The Balaban J connectivity index is 1.60. The smallest absolute Gasteiger partial charge is 0.476 e. The van der Waals surface area contributed by atoms with Crippen LogP contribution in [-0.4, -0.2) is 42.8 Å². The summed E-state index contributed by atoms with van der Waals surface area (Å²) in [6, 6.07) is 15.2. The summed E-state index contributed by atoms with van der Waals surface area (Å²) >= 11 is 1.11. The van der Waals surface area contributed by atoms with Crippen molar-refractivity contribution in [1.82, 2.24) is 0 Å². The summed E-state index contributed by atoms with van der Waals surface area (Å²) in [6.07, 6.45) is 0.0397. The Labute approximate surface area is 210 Å². The van der Waals surface area contributed by atoms with Crippen molar-refractivity contribution in [1.29, 1.82) is 0 Å². The molecule has 2 aromatic carbocycles. The first-order chi connectivity index (χ1) is 16.8. The Morgan fingerprint density at radius 1 is 0.971 bits per heavy atom. The average Bonchev–Trinajstić information content (AvgIpc) is 3.14. The van der Waals surface area contributed by atoms with Crippen molar-refractivity contribution in [3.63, 3.8) is 0 Å². The van der Waals surface area contributed by atoms with Gasteiger partial charge in [0.1, 0.15) is 18.5 Å². The average molecular weight is 523 g/mol. The van der Waals surface area contributed by atoms with Crippen molar-refractivity contribution in [2.24, 2.45) is 0 Å². The highest BCUT2D eigenvalue weighted by molar-refractivity contribution is 8.15. The van der Waals surface area contributed by atoms with E-state index in [0.717, 1.165) is 28.5 Å². The third kappa shape index (κ3) is 8.56. The van der Waals surface area contributed by atoms with Crippen LogP contribution in [0.1, 0.15) is 43.1 Å². The standard InChI is InChI=1S/C25H31O8PS/c1-4-31-34(28,32-5-2)33-17-30-23(20-10-6-18(3)7-11-20)16-29-21-12-8-19(9-13-21)14-24-22(26)15-25(27)35-24/h6-13,23-24H,4-5,14-17H2,1-3H3. The van der Waals surface area contributed by atoms with E-state index >= 15 is 0 Å². The van der Waals surface area contributed by atoms with Crippen LogP contribution in [0.2, 0.25) is 0 Å². The molecule has 10 heteroatoms. The van der Waals surface area contributed by atoms with Crippen LogP contribution in [0, 0.1) is 6.92 Å². The molecule has 1 fully saturated rings. The molecule has 2 unspecified atom stereocenters. The Kier molecular flexibility index (Phi) is 10.5. The Bertz CT molecular complexity index is 1010. The molecule has 8 nitrogen and oxygen atoms in total. The maximum absolute atomic E-state index is 12.5. The normalized spacial score (nSPS) is 17.1. The van der Waals surface area contributed by atoms with Gasteiger partial charge >= 0.3 is 7.82 Å². The topological polar surface area (TPSA) is 97.4 Å². The minimum Gasteiger partial charge on any atom is -0.491 e. The SMILES string of the molecule is CCOP(=O)(OCC)OCOC(COc1ccc(CC2SC(=O)CC2=O)cc1)c1ccc(C)cc1. The summed E-state index contributed by atoms with van der Waals surface area (Å²) in [7, 11) is -3.69. The number of hydrogen-bond acceptors (Lipinski definition) is 9. The van der Waals surface area contributed by atoms with Crippen LogP contribution in [0.15, 0.2) is 48.5 Å². The number of carbonyl (C=O) groups is 2. The Morgan fingerprint density at radius 3 is 2.20 bits per heavy atom. The lowest BCUT2D eigenvalue weighted by Crippen LogP contribution is -2.16. The maximum Gasteiger partial charge on any atom is 0.476 e. The minimum atomic E-state index is -3.69. The molecule has 0 bridgehead atoms. The highest BCUT2D eigenvalue weighted by Crippen LogP contribution is 2.49. The van der Waals surface area contributed by atoms with Gasteiger partial charge < -0.3 is 9.47 Å². The fourth-order valence-corrected chi connectivity index (χ4v) is 5.49. The number of ether oxygens (including phenoxy) is 2. The quantitative estimate of drug-likeness (QED) is 0.183. The van der Waals surface area contributed by atoms with Gasteiger partial charge in [0.15, 0.2) is 17.7 Å². The van der Waals surface area contributed by atoms with Gasteiger partial charge in [-0.2, -0.15) is 0 Å². The lowest BCUT2D eigenvalue weighted by atomic mass is 10.1. The fraction of sp³-hybridized carbons (Fsp3) is 0.440. The van der Waals surface area contributed by atoms with E-state index in [9.17, 15) is 14.2 Å². The van der Waals surface area contributed by atoms with Crippen LogP contribution in [0.5, 0.6) is 5.75 Å². The molecule has 35 heavy (non-hydrogen) atoms. The van der Waals surface area contributed by atoms with Gasteiger partial charge in [-0.1, -0.05) is 53.7 Å². The van der Waals surface area contributed by atoms with Crippen LogP contribution in [0.3, 0.4) is 0 Å². The van der Waals surface area contributed by atoms with Crippen LogP contribution in [0.25, 0.3) is 0 Å². The van der Waals surface area contributed by atoms with E-state index in [1.54, 1.807) is 13.8 Å². The number of phosphoric ester groups is 1. The first kappa shape index (κ1) is 27.6. The molecule has 2 atom stereocenters. The molecular formula is C25H31O8PS. The first-order valence-electron chi connectivity index (χ1n) is 11.5. The molecule has 3 rings (SSSR count). The van der Waals surface area contributed by atoms with Gasteiger partial charge in [0.05, 0.1) is 24.9 Å². The van der Waals surface area contributed by atoms with Crippen molar-refractivity contribution < 1.29 is 37.2 Å². The third-order valence-corrected chi connectivity index (χ3v) is 7.89. The largest absolute Gasteiger partial charge is 0.491 e.